The standard InChI is InChI=1S/C9H20N2OSi/c1-6-9(12)7-8(2)10-11(3)13(4)5/h13H,6-7H2,1-5H3. The Balaban J connectivity index is 4.08. The fraction of sp³-hybridized carbons (Fsp3) is 0.778. The Morgan fingerprint density at radius 1 is 1.46 bits per heavy atom. The summed E-state index contributed by atoms with van der Waals surface area (Å²) < 4.78 is 2.01. The van der Waals surface area contributed by atoms with Crippen LogP contribution in [-0.4, -0.2) is 32.2 Å². The molecule has 0 fully saturated rings. The lowest BCUT2D eigenvalue weighted by Crippen LogP contribution is -2.26. The van der Waals surface area contributed by atoms with E-state index in [4.69, 9.17) is 0 Å². The predicted octanol–water partition coefficient (Wildman–Crippen LogP) is 1.65. The van der Waals surface area contributed by atoms with E-state index in [1.807, 2.05) is 25.6 Å². The molecule has 0 bridgehead atoms. The van der Waals surface area contributed by atoms with Gasteiger partial charge in [-0.1, -0.05) is 20.0 Å². The Hall–Kier alpha value is -0.643. The molecule has 0 amide bonds. The van der Waals surface area contributed by atoms with Crippen molar-refractivity contribution in [1.82, 2.24) is 4.67 Å². The molecule has 0 aromatic heterocycles. The highest BCUT2D eigenvalue weighted by molar-refractivity contribution is 6.52. The molecule has 0 rings (SSSR count). The molecular weight excluding hydrogens is 180 g/mol. The van der Waals surface area contributed by atoms with Crippen molar-refractivity contribution in [2.45, 2.75) is 39.8 Å². The summed E-state index contributed by atoms with van der Waals surface area (Å²) in [6, 6.07) is 0. The summed E-state index contributed by atoms with van der Waals surface area (Å²) in [4.78, 5) is 11.1. The van der Waals surface area contributed by atoms with Crippen molar-refractivity contribution in [3.05, 3.63) is 0 Å². The van der Waals surface area contributed by atoms with E-state index in [0.29, 0.717) is 12.8 Å². The van der Waals surface area contributed by atoms with Gasteiger partial charge in [0.2, 0.25) is 0 Å². The second-order valence-electron chi connectivity index (χ2n) is 3.57. The molecule has 0 aromatic rings. The first kappa shape index (κ1) is 12.4. The SMILES string of the molecule is CCC(=O)CC(C)=NN(C)[SiH](C)C. The van der Waals surface area contributed by atoms with Crippen molar-refractivity contribution in [1.29, 1.82) is 0 Å². The van der Waals surface area contributed by atoms with E-state index in [0.717, 1.165) is 5.71 Å². The van der Waals surface area contributed by atoms with Crippen LogP contribution in [-0.2, 0) is 4.79 Å². The van der Waals surface area contributed by atoms with Gasteiger partial charge in [0.1, 0.15) is 5.78 Å². The molecule has 0 heterocycles. The summed E-state index contributed by atoms with van der Waals surface area (Å²) in [5, 5.41) is 4.36. The van der Waals surface area contributed by atoms with Crippen LogP contribution in [0, 0.1) is 0 Å². The van der Waals surface area contributed by atoms with E-state index in [2.05, 4.69) is 18.2 Å². The molecule has 3 nitrogen and oxygen atoms in total. The molecule has 0 aliphatic rings. The Kier molecular flexibility index (Phi) is 5.62. The summed E-state index contributed by atoms with van der Waals surface area (Å²) >= 11 is 0. The van der Waals surface area contributed by atoms with Gasteiger partial charge in [0, 0.05) is 25.6 Å². The summed E-state index contributed by atoms with van der Waals surface area (Å²) in [6.45, 7) is 8.22. The second-order valence-corrected chi connectivity index (χ2v) is 6.51. The van der Waals surface area contributed by atoms with Crippen LogP contribution in [0.4, 0.5) is 0 Å². The van der Waals surface area contributed by atoms with E-state index < -0.39 is 8.96 Å². The number of hydrogen-bond donors (Lipinski definition) is 0. The maximum atomic E-state index is 11.1. The van der Waals surface area contributed by atoms with Crippen molar-refractivity contribution in [2.75, 3.05) is 7.05 Å². The topological polar surface area (TPSA) is 32.7 Å². The van der Waals surface area contributed by atoms with Gasteiger partial charge in [-0.3, -0.25) is 4.79 Å². The quantitative estimate of drug-likeness (QED) is 0.384. The number of hydrogen-bond acceptors (Lipinski definition) is 3. The number of nitrogens with zero attached hydrogens (tertiary/aromatic N) is 2. The van der Waals surface area contributed by atoms with Gasteiger partial charge in [-0.2, -0.15) is 5.10 Å². The number of carbonyl (C=O) groups excluding carboxylic acids is 1. The lowest BCUT2D eigenvalue weighted by molar-refractivity contribution is -0.117. The van der Waals surface area contributed by atoms with Crippen molar-refractivity contribution in [3.63, 3.8) is 0 Å². The van der Waals surface area contributed by atoms with Crippen LogP contribution in [0.15, 0.2) is 5.10 Å². The zero-order valence-corrected chi connectivity index (χ0v) is 10.4. The van der Waals surface area contributed by atoms with Gasteiger partial charge in [0.15, 0.2) is 8.96 Å². The number of Topliss-reactive ketones (excluding diaryl/α,β-unsaturated/α-hetero) is 1. The van der Waals surface area contributed by atoms with E-state index in [9.17, 15) is 4.79 Å². The van der Waals surface area contributed by atoms with Crippen LogP contribution >= 0.6 is 0 Å². The van der Waals surface area contributed by atoms with Gasteiger partial charge in [0.05, 0.1) is 0 Å². The highest BCUT2D eigenvalue weighted by Crippen LogP contribution is 1.97. The van der Waals surface area contributed by atoms with Crippen LogP contribution in [0.3, 0.4) is 0 Å². The molecule has 13 heavy (non-hydrogen) atoms. The van der Waals surface area contributed by atoms with Gasteiger partial charge in [-0.05, 0) is 6.92 Å². The molecule has 0 radical (unpaired) electrons. The van der Waals surface area contributed by atoms with Crippen LogP contribution in [0.5, 0.6) is 0 Å². The normalized spacial score (nSPS) is 12.0. The minimum Gasteiger partial charge on any atom is -0.331 e. The van der Waals surface area contributed by atoms with E-state index in [1.54, 1.807) is 0 Å². The minimum absolute atomic E-state index is 0.264. The van der Waals surface area contributed by atoms with Gasteiger partial charge >= 0.3 is 0 Å². The van der Waals surface area contributed by atoms with Crippen LogP contribution in [0.25, 0.3) is 0 Å². The third-order valence-corrected chi connectivity index (χ3v) is 3.53. The van der Waals surface area contributed by atoms with Crippen LogP contribution in [0.1, 0.15) is 26.7 Å². The Morgan fingerprint density at radius 3 is 2.38 bits per heavy atom. The monoisotopic (exact) mass is 200 g/mol. The highest BCUT2D eigenvalue weighted by Gasteiger charge is 2.04. The predicted molar refractivity (Wildman–Crippen MR) is 59.7 cm³/mol. The second kappa shape index (κ2) is 5.91. The van der Waals surface area contributed by atoms with Gasteiger partial charge in [0.25, 0.3) is 0 Å². The lowest BCUT2D eigenvalue weighted by atomic mass is 10.2. The summed E-state index contributed by atoms with van der Waals surface area (Å²) in [6.07, 6.45) is 1.11. The smallest absolute Gasteiger partial charge is 0.156 e. The summed E-state index contributed by atoms with van der Waals surface area (Å²) in [7, 11) is 1.14. The summed E-state index contributed by atoms with van der Waals surface area (Å²) in [5.41, 5.74) is 0.926. The Bertz CT molecular complexity index is 202. The fourth-order valence-corrected chi connectivity index (χ4v) is 1.26. The average Bonchev–Trinajstić information content (AvgIpc) is 2.03. The van der Waals surface area contributed by atoms with Crippen LogP contribution < -0.4 is 0 Å². The van der Waals surface area contributed by atoms with E-state index in [-0.39, 0.29) is 5.78 Å². The maximum Gasteiger partial charge on any atom is 0.156 e. The maximum absolute atomic E-state index is 11.1. The van der Waals surface area contributed by atoms with E-state index in [1.165, 1.54) is 0 Å². The number of rotatable bonds is 5. The van der Waals surface area contributed by atoms with E-state index >= 15 is 0 Å². The Labute approximate surface area is 82.5 Å². The molecule has 0 atom stereocenters. The molecule has 0 spiro atoms. The number of carbonyl (C=O) groups is 1. The molecule has 0 unspecified atom stereocenters. The molecule has 0 aromatic carbocycles. The largest absolute Gasteiger partial charge is 0.331 e. The van der Waals surface area contributed by atoms with Gasteiger partial charge in [-0.15, -0.1) is 0 Å². The molecule has 0 saturated carbocycles. The third kappa shape index (κ3) is 5.57. The first-order valence-electron chi connectivity index (χ1n) is 4.76. The van der Waals surface area contributed by atoms with Gasteiger partial charge < -0.3 is 4.67 Å². The zero-order chi connectivity index (χ0) is 10.4. The lowest BCUT2D eigenvalue weighted by Gasteiger charge is -2.17. The molecule has 76 valence electrons. The van der Waals surface area contributed by atoms with Crippen molar-refractivity contribution in [2.24, 2.45) is 5.10 Å². The third-order valence-electron chi connectivity index (χ3n) is 1.92. The molecule has 0 saturated heterocycles. The summed E-state index contributed by atoms with van der Waals surface area (Å²) in [5.74, 6) is 0.264. The van der Waals surface area contributed by atoms with Gasteiger partial charge in [-0.25, -0.2) is 0 Å². The first-order valence-corrected chi connectivity index (χ1v) is 7.58. The highest BCUT2D eigenvalue weighted by atomic mass is 28.3. The zero-order valence-electron chi connectivity index (χ0n) is 9.29. The average molecular weight is 200 g/mol. The molecule has 0 aliphatic carbocycles. The van der Waals surface area contributed by atoms with Crippen LogP contribution in [0.2, 0.25) is 13.1 Å². The molecule has 0 N–H and O–H groups in total. The van der Waals surface area contributed by atoms with Crippen molar-refractivity contribution < 1.29 is 4.79 Å². The van der Waals surface area contributed by atoms with Crippen molar-refractivity contribution >= 4 is 20.5 Å². The fourth-order valence-electron chi connectivity index (χ4n) is 0.830. The minimum atomic E-state index is -0.840. The number of hydrazone groups is 1. The number of ketones is 1. The Morgan fingerprint density at radius 2 is 2.00 bits per heavy atom. The molecule has 0 aliphatic heterocycles. The van der Waals surface area contributed by atoms with Crippen molar-refractivity contribution in [3.8, 4) is 0 Å². The molecular formula is C9H20N2OSi. The molecule has 4 heteroatoms. The first-order chi connectivity index (χ1) is 5.97.